The Kier molecular flexibility index (Phi) is 4.05. The largest absolute Gasteiger partial charge is 0.430 e. The average molecular weight is 351 g/mol. The van der Waals surface area contributed by atoms with Crippen molar-refractivity contribution in [2.45, 2.75) is 13.1 Å². The van der Waals surface area contributed by atoms with E-state index in [0.29, 0.717) is 12.1 Å². The van der Waals surface area contributed by atoms with Crippen molar-refractivity contribution < 1.29 is 8.81 Å². The standard InChI is InChI=1S/C20H18FN3O2/c1-23(2)11-14-12-24(10-13-3-5-15(21)6-4-13)17-9-22-19-16(18(14)17)7-8-26-20(19)25/h3-9,12H,10-11H2,1-2H3. The Morgan fingerprint density at radius 3 is 2.69 bits per heavy atom. The van der Waals surface area contributed by atoms with Crippen LogP contribution in [0.2, 0.25) is 0 Å². The van der Waals surface area contributed by atoms with Gasteiger partial charge in [0.1, 0.15) is 5.82 Å². The number of nitrogens with zero attached hydrogens (tertiary/aromatic N) is 3. The van der Waals surface area contributed by atoms with Crippen LogP contribution in [0.25, 0.3) is 21.8 Å². The molecular weight excluding hydrogens is 333 g/mol. The van der Waals surface area contributed by atoms with Gasteiger partial charge in [-0.05, 0) is 43.4 Å². The van der Waals surface area contributed by atoms with Crippen LogP contribution in [-0.4, -0.2) is 28.5 Å². The van der Waals surface area contributed by atoms with Crippen molar-refractivity contribution in [3.05, 3.63) is 76.4 Å². The zero-order valence-corrected chi connectivity index (χ0v) is 14.6. The highest BCUT2D eigenvalue weighted by Gasteiger charge is 2.15. The van der Waals surface area contributed by atoms with Gasteiger partial charge in [0.15, 0.2) is 5.52 Å². The van der Waals surface area contributed by atoms with Gasteiger partial charge in [-0.2, -0.15) is 0 Å². The average Bonchev–Trinajstić information content (AvgIpc) is 2.94. The van der Waals surface area contributed by atoms with Crippen LogP contribution in [-0.2, 0) is 13.1 Å². The fourth-order valence-corrected chi connectivity index (χ4v) is 3.32. The van der Waals surface area contributed by atoms with Crippen molar-refractivity contribution in [2.75, 3.05) is 14.1 Å². The molecule has 3 aromatic heterocycles. The van der Waals surface area contributed by atoms with E-state index in [9.17, 15) is 9.18 Å². The molecular formula is C20H18FN3O2. The smallest absolute Gasteiger partial charge is 0.362 e. The lowest BCUT2D eigenvalue weighted by atomic mass is 10.1. The third kappa shape index (κ3) is 2.88. The van der Waals surface area contributed by atoms with Crippen molar-refractivity contribution in [1.29, 1.82) is 0 Å². The summed E-state index contributed by atoms with van der Waals surface area (Å²) in [4.78, 5) is 18.4. The summed E-state index contributed by atoms with van der Waals surface area (Å²) in [5.41, 5.74) is 2.92. The molecule has 0 amide bonds. The molecule has 0 aliphatic rings. The number of hydrogen-bond donors (Lipinski definition) is 0. The lowest BCUT2D eigenvalue weighted by Crippen LogP contribution is -2.10. The minimum absolute atomic E-state index is 0.251. The summed E-state index contributed by atoms with van der Waals surface area (Å²) >= 11 is 0. The Balaban J connectivity index is 1.93. The molecule has 132 valence electrons. The van der Waals surface area contributed by atoms with Crippen LogP contribution in [0.4, 0.5) is 4.39 Å². The summed E-state index contributed by atoms with van der Waals surface area (Å²) in [6.45, 7) is 1.32. The summed E-state index contributed by atoms with van der Waals surface area (Å²) in [7, 11) is 4.00. The Morgan fingerprint density at radius 2 is 1.96 bits per heavy atom. The Bertz CT molecular complexity index is 1140. The van der Waals surface area contributed by atoms with E-state index in [1.54, 1.807) is 24.4 Å². The first kappa shape index (κ1) is 16.5. The molecule has 4 aromatic rings. The number of aromatic nitrogens is 2. The van der Waals surface area contributed by atoms with Crippen molar-refractivity contribution >= 4 is 21.8 Å². The van der Waals surface area contributed by atoms with Crippen LogP contribution in [0, 0.1) is 5.82 Å². The van der Waals surface area contributed by atoms with Crippen molar-refractivity contribution in [1.82, 2.24) is 14.5 Å². The van der Waals surface area contributed by atoms with E-state index >= 15 is 0 Å². The van der Waals surface area contributed by atoms with Crippen LogP contribution in [0.3, 0.4) is 0 Å². The molecule has 0 aliphatic heterocycles. The summed E-state index contributed by atoms with van der Waals surface area (Å²) < 4.78 is 20.2. The second-order valence-corrected chi connectivity index (χ2v) is 6.64. The maximum Gasteiger partial charge on any atom is 0.362 e. The minimum atomic E-state index is -0.438. The molecule has 0 N–H and O–H groups in total. The molecule has 0 radical (unpaired) electrons. The molecule has 4 rings (SSSR count). The van der Waals surface area contributed by atoms with Crippen LogP contribution < -0.4 is 5.63 Å². The minimum Gasteiger partial charge on any atom is -0.430 e. The van der Waals surface area contributed by atoms with E-state index in [1.165, 1.54) is 18.4 Å². The molecule has 26 heavy (non-hydrogen) atoms. The highest BCUT2D eigenvalue weighted by molar-refractivity contribution is 6.06. The number of benzene rings is 1. The van der Waals surface area contributed by atoms with Crippen molar-refractivity contribution in [3.63, 3.8) is 0 Å². The van der Waals surface area contributed by atoms with Gasteiger partial charge < -0.3 is 13.9 Å². The van der Waals surface area contributed by atoms with Crippen molar-refractivity contribution in [3.8, 4) is 0 Å². The Morgan fingerprint density at radius 1 is 1.19 bits per heavy atom. The number of hydrogen-bond acceptors (Lipinski definition) is 4. The molecule has 6 heteroatoms. The van der Waals surface area contributed by atoms with Gasteiger partial charge in [-0.25, -0.2) is 14.2 Å². The van der Waals surface area contributed by atoms with Gasteiger partial charge in [-0.1, -0.05) is 12.1 Å². The first-order chi connectivity index (χ1) is 12.5. The number of fused-ring (bicyclic) bond motifs is 3. The lowest BCUT2D eigenvalue weighted by molar-refractivity contribution is 0.403. The molecule has 0 saturated carbocycles. The highest BCUT2D eigenvalue weighted by atomic mass is 19.1. The van der Waals surface area contributed by atoms with E-state index in [-0.39, 0.29) is 5.82 Å². The fourth-order valence-electron chi connectivity index (χ4n) is 3.32. The molecule has 0 aliphatic carbocycles. The zero-order valence-electron chi connectivity index (χ0n) is 14.6. The van der Waals surface area contributed by atoms with Gasteiger partial charge in [0.2, 0.25) is 0 Å². The van der Waals surface area contributed by atoms with Crippen LogP contribution in [0.5, 0.6) is 0 Å². The van der Waals surface area contributed by atoms with Crippen LogP contribution >= 0.6 is 0 Å². The zero-order chi connectivity index (χ0) is 18.3. The van der Waals surface area contributed by atoms with E-state index < -0.39 is 5.63 Å². The van der Waals surface area contributed by atoms with Gasteiger partial charge in [-0.15, -0.1) is 0 Å². The third-order valence-electron chi connectivity index (χ3n) is 4.39. The molecule has 5 nitrogen and oxygen atoms in total. The topological polar surface area (TPSA) is 51.3 Å². The SMILES string of the molecule is CN(C)Cc1cn(Cc2ccc(F)cc2)c2cnc3c(=O)occc3c12. The second kappa shape index (κ2) is 6.38. The van der Waals surface area contributed by atoms with E-state index in [1.807, 2.05) is 14.1 Å². The number of halogens is 1. The van der Waals surface area contributed by atoms with Gasteiger partial charge >= 0.3 is 5.63 Å². The molecule has 1 aromatic carbocycles. The molecule has 0 bridgehead atoms. The summed E-state index contributed by atoms with van der Waals surface area (Å²) in [5, 5.41) is 1.78. The fraction of sp³-hybridized carbons (Fsp3) is 0.200. The van der Waals surface area contributed by atoms with Gasteiger partial charge in [0.05, 0.1) is 18.0 Å². The Hall–Kier alpha value is -2.99. The second-order valence-electron chi connectivity index (χ2n) is 6.64. The molecule has 0 spiro atoms. The molecule has 0 saturated heterocycles. The van der Waals surface area contributed by atoms with Crippen LogP contribution in [0.1, 0.15) is 11.1 Å². The van der Waals surface area contributed by atoms with E-state index in [0.717, 1.165) is 34.0 Å². The number of rotatable bonds is 4. The maximum absolute atomic E-state index is 13.2. The lowest BCUT2D eigenvalue weighted by Gasteiger charge is -2.08. The quantitative estimate of drug-likeness (QED) is 0.565. The van der Waals surface area contributed by atoms with Crippen molar-refractivity contribution in [2.24, 2.45) is 0 Å². The molecule has 0 atom stereocenters. The maximum atomic E-state index is 13.2. The predicted octanol–water partition coefficient (Wildman–Crippen LogP) is 3.39. The Labute approximate surface area is 149 Å². The summed E-state index contributed by atoms with van der Waals surface area (Å²) in [5.74, 6) is -0.251. The normalized spacial score (nSPS) is 11.7. The van der Waals surface area contributed by atoms with E-state index in [4.69, 9.17) is 4.42 Å². The van der Waals surface area contributed by atoms with E-state index in [2.05, 4.69) is 20.6 Å². The summed E-state index contributed by atoms with van der Waals surface area (Å²) in [6.07, 6.45) is 5.18. The number of pyridine rings is 1. The third-order valence-corrected chi connectivity index (χ3v) is 4.39. The molecule has 3 heterocycles. The highest BCUT2D eigenvalue weighted by Crippen LogP contribution is 2.28. The first-order valence-corrected chi connectivity index (χ1v) is 8.30. The first-order valence-electron chi connectivity index (χ1n) is 8.30. The molecule has 0 fully saturated rings. The molecule has 0 unspecified atom stereocenters. The van der Waals surface area contributed by atoms with Crippen LogP contribution in [0.15, 0.2) is 58.2 Å². The monoisotopic (exact) mass is 351 g/mol. The van der Waals surface area contributed by atoms with Gasteiger partial charge in [-0.3, -0.25) is 0 Å². The van der Waals surface area contributed by atoms with Gasteiger partial charge in [0.25, 0.3) is 0 Å². The summed E-state index contributed by atoms with van der Waals surface area (Å²) in [6, 6.07) is 8.25. The predicted molar refractivity (Wildman–Crippen MR) is 98.7 cm³/mol. The van der Waals surface area contributed by atoms with Gasteiger partial charge in [0, 0.05) is 30.1 Å².